The van der Waals surface area contributed by atoms with Gasteiger partial charge in [-0.1, -0.05) is 74.0 Å². The number of unbranched alkanes of at least 4 members (excludes halogenated alkanes) is 2. The van der Waals surface area contributed by atoms with Gasteiger partial charge in [0.2, 0.25) is 0 Å². The molecule has 2 nitrogen and oxygen atoms in total. The number of rotatable bonds is 6. The summed E-state index contributed by atoms with van der Waals surface area (Å²) in [7, 11) is 2.44. The van der Waals surface area contributed by atoms with Crippen molar-refractivity contribution in [3.63, 3.8) is 0 Å². The van der Waals surface area contributed by atoms with Crippen LogP contribution in [0.2, 0.25) is 0 Å². The van der Waals surface area contributed by atoms with Crippen LogP contribution in [0.5, 0.6) is 0 Å². The van der Waals surface area contributed by atoms with E-state index < -0.39 is 5.60 Å². The molecule has 0 aromatic heterocycles. The van der Waals surface area contributed by atoms with Gasteiger partial charge in [-0.05, 0) is 24.8 Å². The van der Waals surface area contributed by atoms with Gasteiger partial charge < -0.3 is 9.59 Å². The number of hydrogen-bond acceptors (Lipinski definition) is 1. The molecule has 2 bridgehead atoms. The first-order valence-corrected chi connectivity index (χ1v) is 10.8. The van der Waals surface area contributed by atoms with Gasteiger partial charge in [-0.3, -0.25) is 0 Å². The largest absolute Gasteiger partial charge is 0.378 e. The molecule has 2 fully saturated rings. The number of fused-ring (bicyclic) bond motifs is 2. The van der Waals surface area contributed by atoms with Gasteiger partial charge in [0.25, 0.3) is 0 Å². The third kappa shape index (κ3) is 2.61. The molecule has 4 rings (SSSR count). The molecule has 2 heterocycles. The van der Waals surface area contributed by atoms with Crippen molar-refractivity contribution in [3.05, 3.63) is 71.8 Å². The lowest BCUT2D eigenvalue weighted by atomic mass is 9.64. The highest BCUT2D eigenvalue weighted by Crippen LogP contribution is 2.63. The number of piperidine rings is 1. The Morgan fingerprint density at radius 1 is 0.889 bits per heavy atom. The fraction of sp³-hybridized carbons (Fsp3) is 0.520. The van der Waals surface area contributed by atoms with Crippen LogP contribution in [0.1, 0.15) is 63.0 Å². The molecule has 2 saturated heterocycles. The molecule has 2 heteroatoms. The SMILES string of the molecule is CCCCC[N+]1(C)C2CCC(O)(c3ccccc3)C1(c1ccccc1)CC2. The van der Waals surface area contributed by atoms with Crippen LogP contribution in [0.15, 0.2) is 60.7 Å². The lowest BCUT2D eigenvalue weighted by molar-refractivity contribution is -0.990. The second-order valence-corrected chi connectivity index (χ2v) is 8.88. The average Bonchev–Trinajstić information content (AvgIpc) is 2.89. The Hall–Kier alpha value is -1.64. The van der Waals surface area contributed by atoms with Crippen molar-refractivity contribution in [1.29, 1.82) is 0 Å². The molecular formula is C25H34NO+. The van der Waals surface area contributed by atoms with Crippen LogP contribution in [-0.4, -0.2) is 29.2 Å². The standard InChI is InChI=1S/C25H34NO/c1-3-4-11-20-26(2)23-16-18-24(26,21-12-7-5-8-13-21)25(27,19-17-23)22-14-9-6-10-15-22/h5-10,12-15,23,27H,3-4,11,16-20H2,1-2H3/q+1. The zero-order valence-electron chi connectivity index (χ0n) is 16.9. The summed E-state index contributed by atoms with van der Waals surface area (Å²) in [5, 5.41) is 12.4. The maximum absolute atomic E-state index is 12.4. The van der Waals surface area contributed by atoms with Crippen molar-refractivity contribution < 1.29 is 9.59 Å². The zero-order chi connectivity index (χ0) is 19.0. The smallest absolute Gasteiger partial charge is 0.158 e. The van der Waals surface area contributed by atoms with E-state index in [9.17, 15) is 5.11 Å². The fourth-order valence-corrected chi connectivity index (χ4v) is 6.42. The molecule has 1 N–H and O–H groups in total. The highest BCUT2D eigenvalue weighted by Gasteiger charge is 2.71. The predicted octanol–water partition coefficient (Wildman–Crippen LogP) is 5.36. The van der Waals surface area contributed by atoms with Gasteiger partial charge in [0.05, 0.1) is 19.6 Å². The maximum atomic E-state index is 12.4. The summed E-state index contributed by atoms with van der Waals surface area (Å²) < 4.78 is 0.988. The van der Waals surface area contributed by atoms with E-state index in [2.05, 4.69) is 74.6 Å². The van der Waals surface area contributed by atoms with Gasteiger partial charge in [-0.25, -0.2) is 0 Å². The molecule has 0 saturated carbocycles. The Balaban J connectivity index is 1.90. The van der Waals surface area contributed by atoms with Crippen LogP contribution in [0.4, 0.5) is 0 Å². The summed E-state index contributed by atoms with van der Waals surface area (Å²) in [6, 6.07) is 22.1. The van der Waals surface area contributed by atoms with Crippen molar-refractivity contribution >= 4 is 0 Å². The number of nitrogens with zero attached hydrogens (tertiary/aromatic N) is 1. The molecule has 0 aliphatic carbocycles. The Morgan fingerprint density at radius 3 is 2.11 bits per heavy atom. The molecule has 27 heavy (non-hydrogen) atoms. The average molecular weight is 365 g/mol. The number of hydrogen-bond donors (Lipinski definition) is 1. The minimum atomic E-state index is -0.816. The van der Waals surface area contributed by atoms with Crippen molar-refractivity contribution in [2.75, 3.05) is 13.6 Å². The lowest BCUT2D eigenvalue weighted by Crippen LogP contribution is -2.71. The summed E-state index contributed by atoms with van der Waals surface area (Å²) in [6.07, 6.45) is 8.01. The van der Waals surface area contributed by atoms with Gasteiger partial charge in [0.1, 0.15) is 5.60 Å². The van der Waals surface area contributed by atoms with E-state index in [1.165, 1.54) is 31.2 Å². The normalized spacial score (nSPS) is 35.3. The van der Waals surface area contributed by atoms with Crippen LogP contribution in [-0.2, 0) is 11.1 Å². The molecule has 4 unspecified atom stereocenters. The van der Waals surface area contributed by atoms with Gasteiger partial charge >= 0.3 is 0 Å². The van der Waals surface area contributed by atoms with E-state index in [4.69, 9.17) is 0 Å². The molecule has 0 spiro atoms. The van der Waals surface area contributed by atoms with Crippen LogP contribution < -0.4 is 0 Å². The summed E-state index contributed by atoms with van der Waals surface area (Å²) in [6.45, 7) is 3.43. The first kappa shape index (κ1) is 18.7. The molecule has 2 aliphatic heterocycles. The van der Waals surface area contributed by atoms with Crippen molar-refractivity contribution in [3.8, 4) is 0 Å². The van der Waals surface area contributed by atoms with E-state index in [-0.39, 0.29) is 5.54 Å². The topological polar surface area (TPSA) is 20.2 Å². The second kappa shape index (κ2) is 7.07. The summed E-state index contributed by atoms with van der Waals surface area (Å²) in [4.78, 5) is 0. The minimum Gasteiger partial charge on any atom is -0.378 e. The predicted molar refractivity (Wildman–Crippen MR) is 111 cm³/mol. The van der Waals surface area contributed by atoms with E-state index >= 15 is 0 Å². The summed E-state index contributed by atoms with van der Waals surface area (Å²) in [5.74, 6) is 0. The Bertz CT molecular complexity index is 760. The minimum absolute atomic E-state index is 0.258. The van der Waals surface area contributed by atoms with Crippen molar-refractivity contribution in [2.24, 2.45) is 0 Å². The molecule has 2 aromatic rings. The monoisotopic (exact) mass is 364 g/mol. The summed E-state index contributed by atoms with van der Waals surface area (Å²) in [5.41, 5.74) is 1.34. The van der Waals surface area contributed by atoms with Crippen LogP contribution in [0, 0.1) is 0 Å². The van der Waals surface area contributed by atoms with Gasteiger partial charge in [0, 0.05) is 24.8 Å². The molecule has 0 radical (unpaired) electrons. The Kier molecular flexibility index (Phi) is 4.90. The molecule has 144 valence electrons. The van der Waals surface area contributed by atoms with Crippen LogP contribution in [0.25, 0.3) is 0 Å². The molecule has 0 amide bonds. The quantitative estimate of drug-likeness (QED) is 0.540. The van der Waals surface area contributed by atoms with Crippen LogP contribution in [0.3, 0.4) is 0 Å². The first-order valence-electron chi connectivity index (χ1n) is 10.8. The molecule has 4 atom stereocenters. The Morgan fingerprint density at radius 2 is 1.48 bits per heavy atom. The number of benzene rings is 2. The third-order valence-corrected chi connectivity index (χ3v) is 7.77. The second-order valence-electron chi connectivity index (χ2n) is 8.88. The van der Waals surface area contributed by atoms with Crippen molar-refractivity contribution in [2.45, 2.75) is 69.1 Å². The van der Waals surface area contributed by atoms with Gasteiger partial charge in [-0.2, -0.15) is 0 Å². The van der Waals surface area contributed by atoms with E-state index in [1.54, 1.807) is 0 Å². The van der Waals surface area contributed by atoms with E-state index in [1.807, 2.05) is 0 Å². The van der Waals surface area contributed by atoms with Crippen LogP contribution >= 0.6 is 0 Å². The van der Waals surface area contributed by atoms with E-state index in [0.29, 0.717) is 6.04 Å². The fourth-order valence-electron chi connectivity index (χ4n) is 6.42. The molecule has 2 aromatic carbocycles. The maximum Gasteiger partial charge on any atom is 0.158 e. The molecule has 2 aliphatic rings. The molecular weight excluding hydrogens is 330 g/mol. The summed E-state index contributed by atoms with van der Waals surface area (Å²) >= 11 is 0. The van der Waals surface area contributed by atoms with Gasteiger partial charge in [0.15, 0.2) is 5.54 Å². The van der Waals surface area contributed by atoms with Crippen molar-refractivity contribution in [1.82, 2.24) is 0 Å². The lowest BCUT2D eigenvalue weighted by Gasteiger charge is -2.60. The number of aliphatic hydroxyl groups is 1. The first-order chi connectivity index (χ1) is 13.1. The highest BCUT2D eigenvalue weighted by molar-refractivity contribution is 5.36. The van der Waals surface area contributed by atoms with Gasteiger partial charge in [-0.15, -0.1) is 0 Å². The Labute approximate surface area is 164 Å². The highest BCUT2D eigenvalue weighted by atomic mass is 16.3. The third-order valence-electron chi connectivity index (χ3n) is 7.77. The number of quaternary nitrogens is 1. The number of likely N-dealkylation sites (N-methyl/N-ethyl adjacent to an activating group) is 1. The zero-order valence-corrected chi connectivity index (χ0v) is 16.9. The van der Waals surface area contributed by atoms with E-state index in [0.717, 1.165) is 35.9 Å².